The van der Waals surface area contributed by atoms with E-state index in [9.17, 15) is 9.90 Å². The summed E-state index contributed by atoms with van der Waals surface area (Å²) < 4.78 is 11.0. The van der Waals surface area contributed by atoms with Crippen molar-refractivity contribution in [2.75, 3.05) is 6.61 Å². The van der Waals surface area contributed by atoms with Crippen LogP contribution >= 0.6 is 0 Å². The van der Waals surface area contributed by atoms with Gasteiger partial charge in [-0.25, -0.2) is 0 Å². The van der Waals surface area contributed by atoms with Crippen molar-refractivity contribution in [2.24, 2.45) is 0 Å². The molecule has 1 aromatic heterocycles. The average molecular weight is 301 g/mol. The van der Waals surface area contributed by atoms with Crippen LogP contribution in [0.15, 0.2) is 34.9 Å². The Morgan fingerprint density at radius 1 is 1.41 bits per heavy atom. The van der Waals surface area contributed by atoms with Gasteiger partial charge in [0.05, 0.1) is 12.9 Å². The maximum atomic E-state index is 12.4. The highest BCUT2D eigenvalue weighted by Crippen LogP contribution is 2.31. The molecule has 0 bridgehead atoms. The van der Waals surface area contributed by atoms with E-state index in [0.29, 0.717) is 12.2 Å². The number of carbonyl (C=O) groups excluding carboxylic acids is 1. The van der Waals surface area contributed by atoms with Crippen LogP contribution in [0.5, 0.6) is 5.75 Å². The predicted molar refractivity (Wildman–Crippen MR) is 80.7 cm³/mol. The molecule has 0 aliphatic carbocycles. The van der Waals surface area contributed by atoms with Crippen molar-refractivity contribution in [3.63, 3.8) is 0 Å². The summed E-state index contributed by atoms with van der Waals surface area (Å²) in [7, 11) is 0. The van der Waals surface area contributed by atoms with Crippen LogP contribution in [0.25, 0.3) is 0 Å². The van der Waals surface area contributed by atoms with Crippen LogP contribution < -0.4 is 10.1 Å². The average Bonchev–Trinajstić information content (AvgIpc) is 3.14. The lowest BCUT2D eigenvalue weighted by Gasteiger charge is -2.17. The van der Waals surface area contributed by atoms with E-state index in [0.717, 1.165) is 16.9 Å². The highest BCUT2D eigenvalue weighted by atomic mass is 16.5. The van der Waals surface area contributed by atoms with Gasteiger partial charge in [0.15, 0.2) is 6.10 Å². The molecular weight excluding hydrogens is 282 g/mol. The lowest BCUT2D eigenvalue weighted by Crippen LogP contribution is -2.40. The number of furan rings is 1. The smallest absolute Gasteiger partial charge is 0.262 e. The molecule has 0 saturated heterocycles. The van der Waals surface area contributed by atoms with Crippen LogP contribution in [0, 0.1) is 13.8 Å². The second-order valence-electron chi connectivity index (χ2n) is 5.61. The Bertz CT molecular complexity index is 647. The minimum Gasteiger partial charge on any atom is -0.480 e. The molecule has 2 N–H and O–H groups in total. The van der Waals surface area contributed by atoms with Gasteiger partial charge in [-0.2, -0.15) is 0 Å². The number of benzene rings is 1. The van der Waals surface area contributed by atoms with E-state index in [1.54, 1.807) is 12.1 Å². The highest BCUT2D eigenvalue weighted by Gasteiger charge is 2.31. The number of hydrogen-bond donors (Lipinski definition) is 2. The summed E-state index contributed by atoms with van der Waals surface area (Å²) in [4.78, 5) is 12.4. The summed E-state index contributed by atoms with van der Waals surface area (Å²) in [6.07, 6.45) is 1.48. The molecule has 0 fully saturated rings. The van der Waals surface area contributed by atoms with E-state index in [1.807, 2.05) is 19.9 Å². The second-order valence-corrected chi connectivity index (χ2v) is 5.61. The summed E-state index contributed by atoms with van der Waals surface area (Å²) in [6.45, 7) is 3.84. The number of hydrogen-bond acceptors (Lipinski definition) is 4. The molecule has 1 aliphatic rings. The van der Waals surface area contributed by atoms with Crippen molar-refractivity contribution in [1.82, 2.24) is 5.32 Å². The fourth-order valence-corrected chi connectivity index (χ4v) is 2.62. The zero-order valence-corrected chi connectivity index (χ0v) is 12.6. The van der Waals surface area contributed by atoms with Crippen molar-refractivity contribution in [3.05, 3.63) is 53.0 Å². The van der Waals surface area contributed by atoms with Gasteiger partial charge >= 0.3 is 0 Å². The summed E-state index contributed by atoms with van der Waals surface area (Å²) in [5, 5.41) is 12.2. The summed E-state index contributed by atoms with van der Waals surface area (Å²) >= 11 is 0. The Kier molecular flexibility index (Phi) is 3.90. The van der Waals surface area contributed by atoms with E-state index in [1.165, 1.54) is 11.8 Å². The van der Waals surface area contributed by atoms with Crippen molar-refractivity contribution < 1.29 is 19.1 Å². The third-order valence-corrected chi connectivity index (χ3v) is 4.03. The quantitative estimate of drug-likeness (QED) is 0.906. The van der Waals surface area contributed by atoms with E-state index < -0.39 is 12.1 Å². The second kappa shape index (κ2) is 5.85. The molecule has 1 aliphatic heterocycles. The monoisotopic (exact) mass is 301 g/mol. The molecule has 1 aromatic carbocycles. The van der Waals surface area contributed by atoms with Gasteiger partial charge in [-0.3, -0.25) is 4.79 Å². The lowest BCUT2D eigenvalue weighted by molar-refractivity contribution is -0.128. The largest absolute Gasteiger partial charge is 0.480 e. The molecule has 22 heavy (non-hydrogen) atoms. The topological polar surface area (TPSA) is 71.7 Å². The lowest BCUT2D eigenvalue weighted by atomic mass is 10.0. The number of aryl methyl sites for hydroxylation is 2. The molecule has 0 radical (unpaired) electrons. The maximum Gasteiger partial charge on any atom is 0.262 e. The van der Waals surface area contributed by atoms with Gasteiger partial charge in [0, 0.05) is 6.42 Å². The minimum absolute atomic E-state index is 0.225. The first-order valence-corrected chi connectivity index (χ1v) is 7.30. The Morgan fingerprint density at radius 3 is 2.86 bits per heavy atom. The zero-order chi connectivity index (χ0) is 15.7. The predicted octanol–water partition coefficient (Wildman–Crippen LogP) is 2.05. The Morgan fingerprint density at radius 2 is 2.18 bits per heavy atom. The normalized spacial score (nSPS) is 17.7. The molecule has 2 heterocycles. The zero-order valence-electron chi connectivity index (χ0n) is 12.6. The fourth-order valence-electron chi connectivity index (χ4n) is 2.62. The first-order valence-electron chi connectivity index (χ1n) is 7.30. The maximum absolute atomic E-state index is 12.4. The van der Waals surface area contributed by atoms with Crippen LogP contribution in [-0.2, 0) is 11.2 Å². The number of amides is 1. The van der Waals surface area contributed by atoms with Gasteiger partial charge in [-0.05, 0) is 48.7 Å². The minimum atomic E-state index is -0.569. The van der Waals surface area contributed by atoms with Gasteiger partial charge in [-0.1, -0.05) is 6.07 Å². The van der Waals surface area contributed by atoms with Crippen LogP contribution in [-0.4, -0.2) is 23.7 Å². The third kappa shape index (κ3) is 2.72. The van der Waals surface area contributed by atoms with Crippen LogP contribution in [0.3, 0.4) is 0 Å². The van der Waals surface area contributed by atoms with Crippen LogP contribution in [0.2, 0.25) is 0 Å². The number of rotatable bonds is 4. The van der Waals surface area contributed by atoms with Crippen molar-refractivity contribution in [2.45, 2.75) is 32.4 Å². The Balaban J connectivity index is 1.70. The SMILES string of the molecule is Cc1cc2c(cc1C)OC(C(=O)NC(CO)c1ccco1)C2. The van der Waals surface area contributed by atoms with E-state index in [2.05, 4.69) is 11.4 Å². The van der Waals surface area contributed by atoms with E-state index >= 15 is 0 Å². The van der Waals surface area contributed by atoms with E-state index in [-0.39, 0.29) is 12.5 Å². The van der Waals surface area contributed by atoms with Gasteiger partial charge in [-0.15, -0.1) is 0 Å². The van der Waals surface area contributed by atoms with Crippen molar-refractivity contribution in [3.8, 4) is 5.75 Å². The molecule has 2 aromatic rings. The van der Waals surface area contributed by atoms with E-state index in [4.69, 9.17) is 9.15 Å². The van der Waals surface area contributed by atoms with Crippen molar-refractivity contribution in [1.29, 1.82) is 0 Å². The number of aliphatic hydroxyl groups excluding tert-OH is 1. The highest BCUT2D eigenvalue weighted by molar-refractivity contribution is 5.83. The molecule has 2 unspecified atom stereocenters. The number of carbonyl (C=O) groups is 1. The third-order valence-electron chi connectivity index (χ3n) is 4.03. The molecule has 3 rings (SSSR count). The van der Waals surface area contributed by atoms with Gasteiger partial charge < -0.3 is 19.6 Å². The summed E-state index contributed by atoms with van der Waals surface area (Å²) in [5.74, 6) is 1.04. The first-order chi connectivity index (χ1) is 10.6. The van der Waals surface area contributed by atoms with Crippen LogP contribution in [0.4, 0.5) is 0 Å². The number of aliphatic hydroxyl groups is 1. The van der Waals surface area contributed by atoms with Gasteiger partial charge in [0.2, 0.25) is 0 Å². The molecule has 5 heteroatoms. The fraction of sp³-hybridized carbons (Fsp3) is 0.353. The molecule has 116 valence electrons. The molecule has 0 saturated carbocycles. The summed E-state index contributed by atoms with van der Waals surface area (Å²) in [5.41, 5.74) is 3.37. The van der Waals surface area contributed by atoms with Crippen LogP contribution in [0.1, 0.15) is 28.5 Å². The first kappa shape index (κ1) is 14.7. The number of nitrogens with one attached hydrogen (secondary N) is 1. The Hall–Kier alpha value is -2.27. The van der Waals surface area contributed by atoms with Gasteiger partial charge in [0.1, 0.15) is 17.6 Å². The van der Waals surface area contributed by atoms with Crippen molar-refractivity contribution >= 4 is 5.91 Å². The number of fused-ring (bicyclic) bond motifs is 1. The van der Waals surface area contributed by atoms with Gasteiger partial charge in [0.25, 0.3) is 5.91 Å². The standard InChI is InChI=1S/C17H19NO4/c1-10-6-12-8-16(22-15(12)7-11(10)2)17(20)18-13(9-19)14-4-3-5-21-14/h3-7,13,16,19H,8-9H2,1-2H3,(H,18,20). The molecule has 0 spiro atoms. The summed E-state index contributed by atoms with van der Waals surface area (Å²) in [6, 6.07) is 6.91. The molecule has 2 atom stereocenters. The number of ether oxygens (including phenoxy) is 1. The molecular formula is C17H19NO4. The molecule has 5 nitrogen and oxygen atoms in total. The Labute approximate surface area is 128 Å². The molecule has 1 amide bonds.